The van der Waals surface area contributed by atoms with Crippen molar-refractivity contribution in [3.8, 4) is 0 Å². The van der Waals surface area contributed by atoms with Gasteiger partial charge in [-0.15, -0.1) is 0 Å². The summed E-state index contributed by atoms with van der Waals surface area (Å²) >= 11 is 0. The van der Waals surface area contributed by atoms with E-state index in [1.54, 1.807) is 12.1 Å². The molecule has 0 aromatic heterocycles. The van der Waals surface area contributed by atoms with Crippen molar-refractivity contribution in [1.29, 1.82) is 0 Å². The Morgan fingerprint density at radius 2 is 2.18 bits per heavy atom. The standard InChI is InChI=1S/C14H21FN2/c1-11-6-4-5-9-17(11)10-14(16)12-7-2-3-8-13(12)15/h2-3,7-8,11,14H,4-6,9-10,16H2,1H3. The smallest absolute Gasteiger partial charge is 0.128 e. The van der Waals surface area contributed by atoms with Crippen molar-refractivity contribution in [2.45, 2.75) is 38.3 Å². The van der Waals surface area contributed by atoms with E-state index in [2.05, 4.69) is 11.8 Å². The number of benzene rings is 1. The Balaban J connectivity index is 2.01. The van der Waals surface area contributed by atoms with Gasteiger partial charge in [0.1, 0.15) is 5.82 Å². The molecule has 2 N–H and O–H groups in total. The summed E-state index contributed by atoms with van der Waals surface area (Å²) in [6.45, 7) is 4.07. The van der Waals surface area contributed by atoms with E-state index in [-0.39, 0.29) is 11.9 Å². The molecular weight excluding hydrogens is 215 g/mol. The first-order valence-electron chi connectivity index (χ1n) is 6.42. The van der Waals surface area contributed by atoms with Crippen molar-refractivity contribution in [2.24, 2.45) is 5.73 Å². The van der Waals surface area contributed by atoms with Crippen LogP contribution in [-0.2, 0) is 0 Å². The van der Waals surface area contributed by atoms with Crippen molar-refractivity contribution >= 4 is 0 Å². The highest BCUT2D eigenvalue weighted by Crippen LogP contribution is 2.21. The van der Waals surface area contributed by atoms with E-state index in [4.69, 9.17) is 5.73 Å². The second-order valence-electron chi connectivity index (χ2n) is 4.97. The summed E-state index contributed by atoms with van der Waals surface area (Å²) in [7, 11) is 0. The fourth-order valence-electron chi connectivity index (χ4n) is 2.56. The molecule has 1 aromatic rings. The SMILES string of the molecule is CC1CCCCN1CC(N)c1ccccc1F. The van der Waals surface area contributed by atoms with Crippen LogP contribution in [-0.4, -0.2) is 24.0 Å². The lowest BCUT2D eigenvalue weighted by Gasteiger charge is -2.35. The van der Waals surface area contributed by atoms with Gasteiger partial charge in [-0.25, -0.2) is 4.39 Å². The highest BCUT2D eigenvalue weighted by molar-refractivity contribution is 5.21. The summed E-state index contributed by atoms with van der Waals surface area (Å²) in [5.74, 6) is -0.190. The van der Waals surface area contributed by atoms with Crippen molar-refractivity contribution < 1.29 is 4.39 Å². The highest BCUT2D eigenvalue weighted by atomic mass is 19.1. The minimum absolute atomic E-state index is 0.190. The molecule has 1 fully saturated rings. The van der Waals surface area contributed by atoms with E-state index in [1.807, 2.05) is 6.07 Å². The lowest BCUT2D eigenvalue weighted by Crippen LogP contribution is -2.41. The molecule has 3 heteroatoms. The van der Waals surface area contributed by atoms with E-state index in [1.165, 1.54) is 25.3 Å². The quantitative estimate of drug-likeness (QED) is 0.874. The van der Waals surface area contributed by atoms with Crippen molar-refractivity contribution in [2.75, 3.05) is 13.1 Å². The van der Waals surface area contributed by atoms with Gasteiger partial charge in [0, 0.05) is 24.2 Å². The molecule has 0 bridgehead atoms. The van der Waals surface area contributed by atoms with Gasteiger partial charge in [0.25, 0.3) is 0 Å². The lowest BCUT2D eigenvalue weighted by atomic mass is 10.0. The van der Waals surface area contributed by atoms with Gasteiger partial charge in [0.15, 0.2) is 0 Å². The summed E-state index contributed by atoms with van der Waals surface area (Å²) in [4.78, 5) is 2.38. The molecule has 0 spiro atoms. The van der Waals surface area contributed by atoms with E-state index in [9.17, 15) is 4.39 Å². The molecular formula is C14H21FN2. The van der Waals surface area contributed by atoms with Gasteiger partial charge in [-0.1, -0.05) is 24.6 Å². The summed E-state index contributed by atoms with van der Waals surface area (Å²) in [6, 6.07) is 7.16. The summed E-state index contributed by atoms with van der Waals surface area (Å²) in [6.07, 6.45) is 3.75. The van der Waals surface area contributed by atoms with Gasteiger partial charge in [-0.3, -0.25) is 4.90 Å². The molecule has 0 radical (unpaired) electrons. The van der Waals surface area contributed by atoms with Gasteiger partial charge in [0.2, 0.25) is 0 Å². The van der Waals surface area contributed by atoms with Crippen molar-refractivity contribution in [3.05, 3.63) is 35.6 Å². The van der Waals surface area contributed by atoms with Crippen LogP contribution in [0.3, 0.4) is 0 Å². The Kier molecular flexibility index (Phi) is 4.13. The fraction of sp³-hybridized carbons (Fsp3) is 0.571. The molecule has 1 saturated heterocycles. The first-order valence-corrected chi connectivity index (χ1v) is 6.42. The Hall–Kier alpha value is -0.930. The Labute approximate surface area is 103 Å². The molecule has 17 heavy (non-hydrogen) atoms. The molecule has 2 rings (SSSR count). The first kappa shape index (κ1) is 12.5. The Bertz CT molecular complexity index is 367. The molecule has 1 aromatic carbocycles. The molecule has 1 aliphatic rings. The van der Waals surface area contributed by atoms with Crippen LogP contribution in [0.15, 0.2) is 24.3 Å². The predicted molar refractivity (Wildman–Crippen MR) is 68.2 cm³/mol. The van der Waals surface area contributed by atoms with Crippen LogP contribution >= 0.6 is 0 Å². The second-order valence-corrected chi connectivity index (χ2v) is 4.97. The van der Waals surface area contributed by atoms with Crippen LogP contribution in [0, 0.1) is 5.82 Å². The third-order valence-corrected chi connectivity index (χ3v) is 3.68. The number of piperidine rings is 1. The molecule has 1 aliphatic heterocycles. The third kappa shape index (κ3) is 3.05. The highest BCUT2D eigenvalue weighted by Gasteiger charge is 2.21. The zero-order valence-corrected chi connectivity index (χ0v) is 10.4. The van der Waals surface area contributed by atoms with Crippen LogP contribution in [0.2, 0.25) is 0 Å². The summed E-state index contributed by atoms with van der Waals surface area (Å²) < 4.78 is 13.6. The van der Waals surface area contributed by atoms with E-state index in [0.29, 0.717) is 11.6 Å². The molecule has 2 atom stereocenters. The topological polar surface area (TPSA) is 29.3 Å². The van der Waals surface area contributed by atoms with Crippen LogP contribution in [0.1, 0.15) is 37.8 Å². The number of likely N-dealkylation sites (tertiary alicyclic amines) is 1. The number of hydrogen-bond acceptors (Lipinski definition) is 2. The van der Waals surface area contributed by atoms with Gasteiger partial charge >= 0.3 is 0 Å². The minimum atomic E-state index is -0.225. The number of halogens is 1. The molecule has 0 amide bonds. The van der Waals surface area contributed by atoms with Crippen LogP contribution < -0.4 is 5.73 Å². The van der Waals surface area contributed by atoms with Gasteiger partial charge in [0.05, 0.1) is 0 Å². The van der Waals surface area contributed by atoms with E-state index in [0.717, 1.165) is 13.1 Å². The molecule has 0 aliphatic carbocycles. The van der Waals surface area contributed by atoms with Crippen molar-refractivity contribution in [1.82, 2.24) is 4.90 Å². The fourth-order valence-corrected chi connectivity index (χ4v) is 2.56. The van der Waals surface area contributed by atoms with Gasteiger partial charge < -0.3 is 5.73 Å². The average molecular weight is 236 g/mol. The molecule has 1 heterocycles. The monoisotopic (exact) mass is 236 g/mol. The van der Waals surface area contributed by atoms with Crippen LogP contribution in [0.25, 0.3) is 0 Å². The minimum Gasteiger partial charge on any atom is -0.323 e. The van der Waals surface area contributed by atoms with Crippen molar-refractivity contribution in [3.63, 3.8) is 0 Å². The maximum Gasteiger partial charge on any atom is 0.128 e. The first-order chi connectivity index (χ1) is 8.18. The third-order valence-electron chi connectivity index (χ3n) is 3.68. The summed E-state index contributed by atoms with van der Waals surface area (Å²) in [5.41, 5.74) is 6.74. The number of hydrogen-bond donors (Lipinski definition) is 1. The normalized spacial score (nSPS) is 23.6. The molecule has 94 valence electrons. The second kappa shape index (κ2) is 5.61. The van der Waals surface area contributed by atoms with Gasteiger partial charge in [-0.05, 0) is 32.4 Å². The predicted octanol–water partition coefficient (Wildman–Crippen LogP) is 2.70. The zero-order chi connectivity index (χ0) is 12.3. The largest absolute Gasteiger partial charge is 0.323 e. The summed E-state index contributed by atoms with van der Waals surface area (Å²) in [5, 5.41) is 0. The molecule has 2 nitrogen and oxygen atoms in total. The van der Waals surface area contributed by atoms with E-state index < -0.39 is 0 Å². The zero-order valence-electron chi connectivity index (χ0n) is 10.4. The molecule has 2 unspecified atom stereocenters. The Morgan fingerprint density at radius 1 is 1.41 bits per heavy atom. The molecule has 0 saturated carbocycles. The number of nitrogens with two attached hydrogens (primary N) is 1. The van der Waals surface area contributed by atoms with Crippen LogP contribution in [0.5, 0.6) is 0 Å². The lowest BCUT2D eigenvalue weighted by molar-refractivity contribution is 0.151. The number of rotatable bonds is 3. The Morgan fingerprint density at radius 3 is 2.88 bits per heavy atom. The maximum absolute atomic E-state index is 13.6. The van der Waals surface area contributed by atoms with Crippen LogP contribution in [0.4, 0.5) is 4.39 Å². The maximum atomic E-state index is 13.6. The number of nitrogens with zero attached hydrogens (tertiary/aromatic N) is 1. The van der Waals surface area contributed by atoms with Gasteiger partial charge in [-0.2, -0.15) is 0 Å². The van der Waals surface area contributed by atoms with E-state index >= 15 is 0 Å². The average Bonchev–Trinajstić information content (AvgIpc) is 2.32.